The summed E-state index contributed by atoms with van der Waals surface area (Å²) in [6, 6.07) is 6.23. The van der Waals surface area contributed by atoms with Crippen LogP contribution in [0.25, 0.3) is 0 Å². The Morgan fingerprint density at radius 2 is 2.33 bits per heavy atom. The molecule has 1 N–H and O–H groups in total. The SMILES string of the molecule is Cc1cccc2c1N(CC1CCCNC1)C(=O)C2. The quantitative estimate of drug-likeness (QED) is 0.861. The van der Waals surface area contributed by atoms with E-state index in [1.54, 1.807) is 0 Å². The molecule has 0 radical (unpaired) electrons. The number of carbonyl (C=O) groups is 1. The van der Waals surface area contributed by atoms with E-state index in [4.69, 9.17) is 0 Å². The highest BCUT2D eigenvalue weighted by Gasteiger charge is 2.30. The lowest BCUT2D eigenvalue weighted by Crippen LogP contribution is -2.39. The number of fused-ring (bicyclic) bond motifs is 1. The minimum Gasteiger partial charge on any atom is -0.316 e. The predicted octanol–water partition coefficient (Wildman–Crippen LogP) is 1.88. The first kappa shape index (κ1) is 11.7. The van der Waals surface area contributed by atoms with Gasteiger partial charge in [0.2, 0.25) is 5.91 Å². The van der Waals surface area contributed by atoms with Crippen molar-refractivity contribution in [1.29, 1.82) is 0 Å². The van der Waals surface area contributed by atoms with Gasteiger partial charge in [0.05, 0.1) is 12.1 Å². The third-order valence-corrected chi connectivity index (χ3v) is 4.07. The van der Waals surface area contributed by atoms with Crippen LogP contribution in [-0.2, 0) is 11.2 Å². The van der Waals surface area contributed by atoms with Gasteiger partial charge < -0.3 is 10.2 Å². The average molecular weight is 244 g/mol. The molecule has 1 fully saturated rings. The zero-order chi connectivity index (χ0) is 12.5. The van der Waals surface area contributed by atoms with Gasteiger partial charge in [-0.05, 0) is 49.9 Å². The lowest BCUT2D eigenvalue weighted by molar-refractivity contribution is -0.117. The number of para-hydroxylation sites is 1. The number of amides is 1. The summed E-state index contributed by atoms with van der Waals surface area (Å²) >= 11 is 0. The van der Waals surface area contributed by atoms with E-state index in [9.17, 15) is 4.79 Å². The second-order valence-corrected chi connectivity index (χ2v) is 5.48. The number of nitrogens with zero attached hydrogens (tertiary/aromatic N) is 1. The fraction of sp³-hybridized carbons (Fsp3) is 0.533. The van der Waals surface area contributed by atoms with Crippen LogP contribution >= 0.6 is 0 Å². The Bertz CT molecular complexity index is 464. The summed E-state index contributed by atoms with van der Waals surface area (Å²) in [7, 11) is 0. The van der Waals surface area contributed by atoms with Crippen LogP contribution in [0.5, 0.6) is 0 Å². The van der Waals surface area contributed by atoms with Crippen molar-refractivity contribution in [3.63, 3.8) is 0 Å². The number of hydrogen-bond acceptors (Lipinski definition) is 2. The number of nitrogens with one attached hydrogen (secondary N) is 1. The molecule has 2 heterocycles. The van der Waals surface area contributed by atoms with Crippen LogP contribution in [0.1, 0.15) is 24.0 Å². The van der Waals surface area contributed by atoms with Gasteiger partial charge in [-0.1, -0.05) is 18.2 Å². The van der Waals surface area contributed by atoms with Crippen LogP contribution in [0.3, 0.4) is 0 Å². The van der Waals surface area contributed by atoms with Crippen molar-refractivity contribution in [2.75, 3.05) is 24.5 Å². The highest BCUT2D eigenvalue weighted by atomic mass is 16.2. The molecule has 96 valence electrons. The number of piperidine rings is 1. The molecule has 2 aliphatic heterocycles. The number of carbonyl (C=O) groups excluding carboxylic acids is 1. The molecular formula is C15H20N2O. The predicted molar refractivity (Wildman–Crippen MR) is 72.8 cm³/mol. The van der Waals surface area contributed by atoms with E-state index in [-0.39, 0.29) is 5.91 Å². The molecule has 3 rings (SSSR count). The fourth-order valence-electron chi connectivity index (χ4n) is 3.16. The van der Waals surface area contributed by atoms with Gasteiger partial charge in [-0.25, -0.2) is 0 Å². The first-order chi connectivity index (χ1) is 8.75. The number of rotatable bonds is 2. The minimum absolute atomic E-state index is 0.268. The Balaban J connectivity index is 1.82. The summed E-state index contributed by atoms with van der Waals surface area (Å²) in [6.07, 6.45) is 3.04. The van der Waals surface area contributed by atoms with Gasteiger partial charge in [-0.15, -0.1) is 0 Å². The molecule has 1 aromatic rings. The van der Waals surface area contributed by atoms with Gasteiger partial charge in [-0.2, -0.15) is 0 Å². The van der Waals surface area contributed by atoms with E-state index in [0.717, 1.165) is 19.6 Å². The Kier molecular flexibility index (Phi) is 3.08. The van der Waals surface area contributed by atoms with Crippen LogP contribution in [0.15, 0.2) is 18.2 Å². The van der Waals surface area contributed by atoms with Gasteiger partial charge in [-0.3, -0.25) is 4.79 Å². The third-order valence-electron chi connectivity index (χ3n) is 4.07. The maximum atomic E-state index is 12.2. The molecule has 0 bridgehead atoms. The molecule has 0 aliphatic carbocycles. The Morgan fingerprint density at radius 1 is 1.44 bits per heavy atom. The van der Waals surface area contributed by atoms with Gasteiger partial charge in [0.25, 0.3) is 0 Å². The lowest BCUT2D eigenvalue weighted by atomic mass is 9.99. The van der Waals surface area contributed by atoms with Crippen molar-refractivity contribution in [1.82, 2.24) is 5.32 Å². The molecule has 3 heteroatoms. The van der Waals surface area contributed by atoms with Crippen molar-refractivity contribution in [2.24, 2.45) is 5.92 Å². The fourth-order valence-corrected chi connectivity index (χ4v) is 3.16. The number of anilines is 1. The zero-order valence-corrected chi connectivity index (χ0v) is 10.9. The largest absolute Gasteiger partial charge is 0.316 e. The molecule has 1 aromatic carbocycles. The van der Waals surface area contributed by atoms with E-state index in [2.05, 4.69) is 24.4 Å². The van der Waals surface area contributed by atoms with Crippen LogP contribution in [0.4, 0.5) is 5.69 Å². The molecule has 0 aromatic heterocycles. The Hall–Kier alpha value is -1.35. The molecule has 1 saturated heterocycles. The van der Waals surface area contributed by atoms with Crippen LogP contribution in [0, 0.1) is 12.8 Å². The maximum Gasteiger partial charge on any atom is 0.231 e. The number of aryl methyl sites for hydroxylation is 1. The molecular weight excluding hydrogens is 224 g/mol. The maximum absolute atomic E-state index is 12.2. The Labute approximate surface area is 108 Å². The summed E-state index contributed by atoms with van der Waals surface area (Å²) in [5, 5.41) is 3.42. The summed E-state index contributed by atoms with van der Waals surface area (Å²) < 4.78 is 0. The van der Waals surface area contributed by atoms with Gasteiger partial charge >= 0.3 is 0 Å². The zero-order valence-electron chi connectivity index (χ0n) is 10.9. The Morgan fingerprint density at radius 3 is 3.11 bits per heavy atom. The number of hydrogen-bond donors (Lipinski definition) is 1. The van der Waals surface area contributed by atoms with Crippen LogP contribution in [0.2, 0.25) is 0 Å². The second-order valence-electron chi connectivity index (χ2n) is 5.48. The third kappa shape index (κ3) is 2.03. The standard InChI is InChI=1S/C15H20N2O/c1-11-4-2-6-13-8-14(18)17(15(11)13)10-12-5-3-7-16-9-12/h2,4,6,12,16H,3,5,7-10H2,1H3. The highest BCUT2D eigenvalue weighted by Crippen LogP contribution is 2.33. The first-order valence-corrected chi connectivity index (χ1v) is 6.85. The van der Waals surface area contributed by atoms with Crippen molar-refractivity contribution in [2.45, 2.75) is 26.2 Å². The summed E-state index contributed by atoms with van der Waals surface area (Å²) in [4.78, 5) is 14.2. The summed E-state index contributed by atoms with van der Waals surface area (Å²) in [5.74, 6) is 0.873. The summed E-state index contributed by atoms with van der Waals surface area (Å²) in [6.45, 7) is 5.15. The molecule has 1 unspecified atom stereocenters. The topological polar surface area (TPSA) is 32.3 Å². The number of benzene rings is 1. The van der Waals surface area contributed by atoms with E-state index in [0.29, 0.717) is 12.3 Å². The molecule has 1 atom stereocenters. The minimum atomic E-state index is 0.268. The van der Waals surface area contributed by atoms with E-state index in [1.165, 1.54) is 29.7 Å². The van der Waals surface area contributed by atoms with Gasteiger partial charge in [0.15, 0.2) is 0 Å². The monoisotopic (exact) mass is 244 g/mol. The smallest absolute Gasteiger partial charge is 0.231 e. The molecule has 0 spiro atoms. The summed E-state index contributed by atoms with van der Waals surface area (Å²) in [5.41, 5.74) is 3.60. The van der Waals surface area contributed by atoms with Crippen molar-refractivity contribution < 1.29 is 4.79 Å². The molecule has 0 saturated carbocycles. The van der Waals surface area contributed by atoms with Crippen molar-refractivity contribution in [3.8, 4) is 0 Å². The molecule has 3 nitrogen and oxygen atoms in total. The van der Waals surface area contributed by atoms with Gasteiger partial charge in [0, 0.05) is 6.54 Å². The average Bonchev–Trinajstić information content (AvgIpc) is 2.69. The normalized spacial score (nSPS) is 23.3. The van der Waals surface area contributed by atoms with E-state index in [1.807, 2.05) is 11.0 Å². The van der Waals surface area contributed by atoms with Gasteiger partial charge in [0.1, 0.15) is 0 Å². The van der Waals surface area contributed by atoms with Crippen molar-refractivity contribution in [3.05, 3.63) is 29.3 Å². The highest BCUT2D eigenvalue weighted by molar-refractivity contribution is 6.02. The lowest BCUT2D eigenvalue weighted by Gasteiger charge is -2.28. The van der Waals surface area contributed by atoms with E-state index < -0.39 is 0 Å². The van der Waals surface area contributed by atoms with Crippen LogP contribution < -0.4 is 10.2 Å². The first-order valence-electron chi connectivity index (χ1n) is 6.85. The van der Waals surface area contributed by atoms with E-state index >= 15 is 0 Å². The van der Waals surface area contributed by atoms with Crippen molar-refractivity contribution >= 4 is 11.6 Å². The molecule has 1 amide bonds. The molecule has 2 aliphatic rings. The van der Waals surface area contributed by atoms with Crippen LogP contribution in [-0.4, -0.2) is 25.5 Å². The second kappa shape index (κ2) is 4.73. The molecule has 18 heavy (non-hydrogen) atoms.